The predicted molar refractivity (Wildman–Crippen MR) is 120 cm³/mol. The van der Waals surface area contributed by atoms with Crippen molar-refractivity contribution >= 4 is 19.5 Å². The normalized spacial score (nSPS) is 19.2. The van der Waals surface area contributed by atoms with Crippen molar-refractivity contribution in [2.45, 2.75) is 82.2 Å². The van der Waals surface area contributed by atoms with E-state index in [4.69, 9.17) is 9.05 Å². The van der Waals surface area contributed by atoms with E-state index in [9.17, 15) is 14.5 Å². The minimum absolute atomic E-state index is 0.313. The summed E-state index contributed by atoms with van der Waals surface area (Å²) in [5.41, 5.74) is 2.94. The molecule has 0 spiro atoms. The van der Waals surface area contributed by atoms with Crippen molar-refractivity contribution in [3.63, 3.8) is 0 Å². The number of ketones is 1. The van der Waals surface area contributed by atoms with E-state index in [1.165, 1.54) is 46.0 Å². The largest absolute Gasteiger partial charge is 0.507 e. The first-order valence-corrected chi connectivity index (χ1v) is 12.6. The van der Waals surface area contributed by atoms with Crippen molar-refractivity contribution in [2.75, 3.05) is 14.2 Å². The standard InChI is InChI=1S/C24H35O5P/c1-24(2,30(27,28-3)29-4)22(25)14-13-17-15-20(18-9-5-6-10-18)23(26)21(16-17)19-11-7-8-12-19/h13-16,18-19,26H,5-12H2,1-4H3. The molecule has 2 fully saturated rings. The minimum Gasteiger partial charge on any atom is -0.507 e. The summed E-state index contributed by atoms with van der Waals surface area (Å²) in [6.07, 6.45) is 12.4. The molecule has 3 rings (SSSR count). The fraction of sp³-hybridized carbons (Fsp3) is 0.625. The van der Waals surface area contributed by atoms with Crippen molar-refractivity contribution in [3.8, 4) is 5.75 Å². The lowest BCUT2D eigenvalue weighted by molar-refractivity contribution is -0.116. The van der Waals surface area contributed by atoms with Gasteiger partial charge in [0, 0.05) is 14.2 Å². The molecule has 1 N–H and O–H groups in total. The minimum atomic E-state index is -3.56. The summed E-state index contributed by atoms with van der Waals surface area (Å²) in [7, 11) is -0.971. The van der Waals surface area contributed by atoms with Crippen molar-refractivity contribution in [1.82, 2.24) is 0 Å². The summed E-state index contributed by atoms with van der Waals surface area (Å²) < 4.78 is 22.9. The molecule has 0 saturated heterocycles. The van der Waals surface area contributed by atoms with Gasteiger partial charge < -0.3 is 14.2 Å². The van der Waals surface area contributed by atoms with Gasteiger partial charge in [0.05, 0.1) is 0 Å². The maximum atomic E-state index is 12.9. The lowest BCUT2D eigenvalue weighted by Gasteiger charge is -2.28. The molecule has 0 atom stereocenters. The van der Waals surface area contributed by atoms with Gasteiger partial charge in [-0.05, 0) is 86.3 Å². The summed E-state index contributed by atoms with van der Waals surface area (Å²) in [6, 6.07) is 4.04. The number of carbonyl (C=O) groups is 1. The zero-order valence-corrected chi connectivity index (χ0v) is 19.5. The molecule has 2 aliphatic rings. The van der Waals surface area contributed by atoms with E-state index >= 15 is 0 Å². The molecule has 2 saturated carbocycles. The molecule has 2 aliphatic carbocycles. The van der Waals surface area contributed by atoms with Crippen LogP contribution in [0.15, 0.2) is 18.2 Å². The van der Waals surface area contributed by atoms with Crippen LogP contribution in [0.2, 0.25) is 0 Å². The Hall–Kier alpha value is -1.42. The van der Waals surface area contributed by atoms with Crippen molar-refractivity contribution in [1.29, 1.82) is 0 Å². The Morgan fingerprint density at radius 2 is 1.43 bits per heavy atom. The second kappa shape index (κ2) is 9.38. The van der Waals surface area contributed by atoms with Gasteiger partial charge in [-0.2, -0.15) is 0 Å². The number of allylic oxidation sites excluding steroid dienone is 1. The SMILES string of the molecule is COP(=O)(OC)C(C)(C)C(=O)C=Cc1cc(C2CCCC2)c(O)c(C2CCCC2)c1. The molecule has 1 aromatic carbocycles. The summed E-state index contributed by atoms with van der Waals surface area (Å²) in [4.78, 5) is 12.9. The number of benzene rings is 1. The Balaban J connectivity index is 1.94. The van der Waals surface area contributed by atoms with Crippen LogP contribution < -0.4 is 0 Å². The third kappa shape index (κ3) is 4.44. The van der Waals surface area contributed by atoms with Crippen molar-refractivity contribution in [2.24, 2.45) is 0 Å². The van der Waals surface area contributed by atoms with Gasteiger partial charge in [-0.25, -0.2) is 0 Å². The van der Waals surface area contributed by atoms with Crippen LogP contribution in [0, 0.1) is 0 Å². The lowest BCUT2D eigenvalue weighted by atomic mass is 9.87. The molecule has 6 heteroatoms. The van der Waals surface area contributed by atoms with Crippen LogP contribution in [0.1, 0.15) is 93.7 Å². The molecule has 0 aliphatic heterocycles. The maximum absolute atomic E-state index is 12.9. The van der Waals surface area contributed by atoms with Crippen LogP contribution in [-0.2, 0) is 18.4 Å². The van der Waals surface area contributed by atoms with E-state index in [0.717, 1.165) is 42.4 Å². The third-order valence-electron chi connectivity index (χ3n) is 6.98. The molecule has 0 radical (unpaired) electrons. The van der Waals surface area contributed by atoms with Crippen LogP contribution in [0.25, 0.3) is 6.08 Å². The van der Waals surface area contributed by atoms with E-state index in [1.807, 2.05) is 12.1 Å². The first-order valence-electron chi connectivity index (χ1n) is 11.0. The second-order valence-electron chi connectivity index (χ2n) is 9.13. The first kappa shape index (κ1) is 23.2. The number of carbonyl (C=O) groups excluding carboxylic acids is 1. The average Bonchev–Trinajstić information content (AvgIpc) is 3.46. The van der Waals surface area contributed by atoms with Crippen LogP contribution in [0.3, 0.4) is 0 Å². The van der Waals surface area contributed by atoms with E-state index in [2.05, 4.69) is 0 Å². The smallest absolute Gasteiger partial charge is 0.343 e. The quantitative estimate of drug-likeness (QED) is 0.371. The Morgan fingerprint density at radius 3 is 1.83 bits per heavy atom. The second-order valence-corrected chi connectivity index (χ2v) is 12.0. The summed E-state index contributed by atoms with van der Waals surface area (Å²) in [5, 5.41) is 9.77. The fourth-order valence-corrected chi connectivity index (χ4v) is 6.34. The average molecular weight is 435 g/mol. The topological polar surface area (TPSA) is 72.8 Å². The number of phenols is 1. The molecule has 1 aromatic rings. The fourth-order valence-electron chi connectivity index (χ4n) is 4.94. The van der Waals surface area contributed by atoms with Gasteiger partial charge in [0.15, 0.2) is 5.78 Å². The molecule has 5 nitrogen and oxygen atoms in total. The molecular weight excluding hydrogens is 399 g/mol. The van der Waals surface area contributed by atoms with E-state index in [0.29, 0.717) is 17.6 Å². The van der Waals surface area contributed by atoms with E-state index in [-0.39, 0.29) is 5.78 Å². The maximum Gasteiger partial charge on any atom is 0.343 e. The van der Waals surface area contributed by atoms with Crippen molar-refractivity contribution < 1.29 is 23.5 Å². The molecule has 0 heterocycles. The van der Waals surface area contributed by atoms with E-state index < -0.39 is 12.8 Å². The highest BCUT2D eigenvalue weighted by atomic mass is 31.2. The highest BCUT2D eigenvalue weighted by Gasteiger charge is 2.47. The molecule has 166 valence electrons. The number of hydrogen-bond acceptors (Lipinski definition) is 5. The number of hydrogen-bond donors (Lipinski definition) is 1. The van der Waals surface area contributed by atoms with E-state index in [1.54, 1.807) is 19.9 Å². The Bertz CT molecular complexity index is 800. The summed E-state index contributed by atoms with van der Waals surface area (Å²) >= 11 is 0. The predicted octanol–water partition coefficient (Wildman–Crippen LogP) is 6.55. The monoisotopic (exact) mass is 434 g/mol. The van der Waals surface area contributed by atoms with Crippen LogP contribution in [0.5, 0.6) is 5.75 Å². The first-order chi connectivity index (χ1) is 14.2. The Morgan fingerprint density at radius 1 is 1.00 bits per heavy atom. The highest BCUT2D eigenvalue weighted by Crippen LogP contribution is 2.59. The Labute approximate surface area is 180 Å². The van der Waals surface area contributed by atoms with Gasteiger partial charge in [-0.15, -0.1) is 0 Å². The van der Waals surface area contributed by atoms with Crippen molar-refractivity contribution in [3.05, 3.63) is 34.9 Å². The molecule has 0 bridgehead atoms. The highest BCUT2D eigenvalue weighted by molar-refractivity contribution is 7.56. The Kier molecular flexibility index (Phi) is 7.27. The molecule has 0 amide bonds. The number of aromatic hydroxyl groups is 1. The van der Waals surface area contributed by atoms with Crippen LogP contribution in [-0.4, -0.2) is 30.3 Å². The zero-order chi connectivity index (χ0) is 21.9. The zero-order valence-electron chi connectivity index (χ0n) is 18.6. The third-order valence-corrected chi connectivity index (χ3v) is 9.53. The number of rotatable bonds is 8. The van der Waals surface area contributed by atoms with Gasteiger partial charge in [-0.3, -0.25) is 9.36 Å². The van der Waals surface area contributed by atoms with Gasteiger partial charge in [0.2, 0.25) is 0 Å². The molecule has 30 heavy (non-hydrogen) atoms. The van der Waals surface area contributed by atoms with Gasteiger partial charge in [0.1, 0.15) is 10.9 Å². The molecular formula is C24H35O5P. The summed E-state index contributed by atoms with van der Waals surface area (Å²) in [6.45, 7) is 3.16. The lowest BCUT2D eigenvalue weighted by Crippen LogP contribution is -2.31. The molecule has 0 unspecified atom stereocenters. The number of phenolic OH excluding ortho intramolecular Hbond substituents is 1. The van der Waals surface area contributed by atoms with Gasteiger partial charge in [-0.1, -0.05) is 31.8 Å². The van der Waals surface area contributed by atoms with Gasteiger partial charge in [0.25, 0.3) is 0 Å². The van der Waals surface area contributed by atoms with Crippen LogP contribution in [0.4, 0.5) is 0 Å². The molecule has 0 aromatic heterocycles. The summed E-state index contributed by atoms with van der Waals surface area (Å²) in [5.74, 6) is 0.911. The van der Waals surface area contributed by atoms with Gasteiger partial charge >= 0.3 is 7.60 Å². The van der Waals surface area contributed by atoms with Crippen LogP contribution >= 0.6 is 7.60 Å².